The number of ether oxygens (including phenoxy) is 2. The molecule has 0 N–H and O–H groups in total. The number of carbonyl (C=O) groups excluding carboxylic acids is 1. The van der Waals surface area contributed by atoms with Crippen LogP contribution in [0, 0.1) is 11.7 Å². The lowest BCUT2D eigenvalue weighted by molar-refractivity contribution is -0.139. The fraction of sp³-hybridized carbons (Fsp3) is 0.409. The Balaban J connectivity index is 1.54. The third-order valence-electron chi connectivity index (χ3n) is 4.70. The van der Waals surface area contributed by atoms with E-state index in [2.05, 4.69) is 31.2 Å². The van der Waals surface area contributed by atoms with E-state index in [1.807, 2.05) is 0 Å². The predicted octanol–water partition coefficient (Wildman–Crippen LogP) is 4.89. The zero-order chi connectivity index (χ0) is 18.5. The lowest BCUT2D eigenvalue weighted by atomic mass is 9.97. The predicted molar refractivity (Wildman–Crippen MR) is 99.2 cm³/mol. The lowest BCUT2D eigenvalue weighted by Crippen LogP contribution is -2.26. The van der Waals surface area contributed by atoms with Crippen molar-refractivity contribution in [2.45, 2.75) is 46.0 Å². The number of hydrogen-bond acceptors (Lipinski definition) is 3. The smallest absolute Gasteiger partial charge is 0.314 e. The van der Waals surface area contributed by atoms with E-state index in [9.17, 15) is 9.18 Å². The Morgan fingerprint density at radius 2 is 1.81 bits per heavy atom. The number of aryl methyl sites for hydroxylation is 2. The van der Waals surface area contributed by atoms with E-state index < -0.39 is 5.82 Å². The minimum absolute atomic E-state index is 0.0251. The third-order valence-corrected chi connectivity index (χ3v) is 4.70. The van der Waals surface area contributed by atoms with Gasteiger partial charge >= 0.3 is 5.97 Å². The van der Waals surface area contributed by atoms with E-state index in [1.54, 1.807) is 19.1 Å². The van der Waals surface area contributed by atoms with Crippen molar-refractivity contribution in [2.75, 3.05) is 6.61 Å². The summed E-state index contributed by atoms with van der Waals surface area (Å²) < 4.78 is 25.2. The van der Waals surface area contributed by atoms with Crippen LogP contribution in [0.4, 0.5) is 4.39 Å². The van der Waals surface area contributed by atoms with Crippen molar-refractivity contribution in [3.63, 3.8) is 0 Å². The molecule has 1 aliphatic heterocycles. The van der Waals surface area contributed by atoms with Gasteiger partial charge in [0.15, 0.2) is 11.5 Å². The molecule has 1 atom stereocenters. The first kappa shape index (κ1) is 18.4. The van der Waals surface area contributed by atoms with E-state index in [-0.39, 0.29) is 23.4 Å². The van der Waals surface area contributed by atoms with Gasteiger partial charge in [0.1, 0.15) is 0 Å². The average Bonchev–Trinajstić information content (AvgIpc) is 2.64. The molecule has 0 saturated carbocycles. The van der Waals surface area contributed by atoms with E-state index in [1.165, 1.54) is 11.1 Å². The molecule has 138 valence electrons. The number of benzene rings is 2. The number of esters is 1. The minimum Gasteiger partial charge on any atom is -0.490 e. The molecule has 0 amide bonds. The largest absolute Gasteiger partial charge is 0.490 e. The standard InChI is InChI=1S/C22H25FO3/c1-3-5-16-7-9-17(10-8-16)6-4-13-25-19-12-11-18-14-15(2)22(24)26-21(18)20(19)23/h7-12,15H,3-6,13-14H2,1-2H3. The van der Waals surface area contributed by atoms with Gasteiger partial charge < -0.3 is 9.47 Å². The molecule has 1 aliphatic rings. The molecule has 0 radical (unpaired) electrons. The highest BCUT2D eigenvalue weighted by atomic mass is 19.1. The van der Waals surface area contributed by atoms with Crippen LogP contribution in [0.15, 0.2) is 36.4 Å². The van der Waals surface area contributed by atoms with Crippen molar-refractivity contribution in [2.24, 2.45) is 5.92 Å². The summed E-state index contributed by atoms with van der Waals surface area (Å²) in [7, 11) is 0. The van der Waals surface area contributed by atoms with Crippen molar-refractivity contribution >= 4 is 5.97 Å². The van der Waals surface area contributed by atoms with Crippen molar-refractivity contribution in [1.29, 1.82) is 0 Å². The van der Waals surface area contributed by atoms with Gasteiger partial charge in [0.2, 0.25) is 5.82 Å². The van der Waals surface area contributed by atoms with Gasteiger partial charge in [0, 0.05) is 0 Å². The highest BCUT2D eigenvalue weighted by molar-refractivity contribution is 5.78. The second-order valence-corrected chi connectivity index (χ2v) is 6.91. The third kappa shape index (κ3) is 4.24. The van der Waals surface area contributed by atoms with Crippen LogP contribution >= 0.6 is 0 Å². The molecule has 1 unspecified atom stereocenters. The van der Waals surface area contributed by atoms with Crippen LogP contribution in [0.2, 0.25) is 0 Å². The molecular weight excluding hydrogens is 331 g/mol. The van der Waals surface area contributed by atoms with Gasteiger partial charge in [-0.15, -0.1) is 0 Å². The number of carbonyl (C=O) groups is 1. The van der Waals surface area contributed by atoms with Crippen molar-refractivity contribution in [1.82, 2.24) is 0 Å². The normalized spacial score (nSPS) is 16.1. The Morgan fingerprint density at radius 1 is 1.12 bits per heavy atom. The Hall–Kier alpha value is -2.36. The van der Waals surface area contributed by atoms with Crippen LogP contribution in [0.3, 0.4) is 0 Å². The molecule has 0 aliphatic carbocycles. The Kier molecular flexibility index (Phi) is 5.92. The summed E-state index contributed by atoms with van der Waals surface area (Å²) in [5, 5.41) is 0. The average molecular weight is 356 g/mol. The molecule has 2 aromatic carbocycles. The maximum absolute atomic E-state index is 14.5. The fourth-order valence-corrected chi connectivity index (χ4v) is 3.19. The van der Waals surface area contributed by atoms with Crippen LogP contribution in [-0.2, 0) is 24.1 Å². The van der Waals surface area contributed by atoms with Crippen LogP contribution in [0.1, 0.15) is 43.4 Å². The van der Waals surface area contributed by atoms with Crippen LogP contribution in [0.5, 0.6) is 11.5 Å². The van der Waals surface area contributed by atoms with Crippen molar-refractivity contribution in [3.05, 3.63) is 58.9 Å². The SMILES string of the molecule is CCCc1ccc(CCCOc2ccc3c(c2F)OC(=O)C(C)C3)cc1. The second-order valence-electron chi connectivity index (χ2n) is 6.91. The Bertz CT molecular complexity index is 768. The summed E-state index contributed by atoms with van der Waals surface area (Å²) in [5.41, 5.74) is 3.32. The molecule has 0 bridgehead atoms. The van der Waals surface area contributed by atoms with Crippen LogP contribution < -0.4 is 9.47 Å². The molecule has 2 aromatic rings. The summed E-state index contributed by atoms with van der Waals surface area (Å²) in [6.45, 7) is 4.37. The summed E-state index contributed by atoms with van der Waals surface area (Å²) in [4.78, 5) is 11.7. The van der Waals surface area contributed by atoms with E-state index >= 15 is 0 Å². The molecule has 1 heterocycles. The first-order valence-corrected chi connectivity index (χ1v) is 9.32. The van der Waals surface area contributed by atoms with E-state index in [4.69, 9.17) is 9.47 Å². The molecule has 4 heteroatoms. The summed E-state index contributed by atoms with van der Waals surface area (Å²) in [5.74, 6) is -1.04. The van der Waals surface area contributed by atoms with Gasteiger partial charge in [-0.3, -0.25) is 4.79 Å². The van der Waals surface area contributed by atoms with Gasteiger partial charge in [-0.1, -0.05) is 50.6 Å². The molecule has 0 saturated heterocycles. The maximum atomic E-state index is 14.5. The van der Waals surface area contributed by atoms with E-state index in [0.29, 0.717) is 18.6 Å². The summed E-state index contributed by atoms with van der Waals surface area (Å²) in [6.07, 6.45) is 4.42. The number of fused-ring (bicyclic) bond motifs is 1. The zero-order valence-corrected chi connectivity index (χ0v) is 15.4. The van der Waals surface area contributed by atoms with Crippen LogP contribution in [0.25, 0.3) is 0 Å². The van der Waals surface area contributed by atoms with Crippen LogP contribution in [-0.4, -0.2) is 12.6 Å². The Morgan fingerprint density at radius 3 is 2.50 bits per heavy atom. The second kappa shape index (κ2) is 8.35. The van der Waals surface area contributed by atoms with Gasteiger partial charge in [0.05, 0.1) is 12.5 Å². The minimum atomic E-state index is -0.577. The van der Waals surface area contributed by atoms with Crippen molar-refractivity contribution < 1.29 is 18.7 Å². The van der Waals surface area contributed by atoms with E-state index in [0.717, 1.165) is 25.7 Å². The fourth-order valence-electron chi connectivity index (χ4n) is 3.19. The van der Waals surface area contributed by atoms with Gasteiger partial charge in [-0.05, 0) is 48.4 Å². The molecular formula is C22H25FO3. The summed E-state index contributed by atoms with van der Waals surface area (Å²) in [6, 6.07) is 12.0. The molecule has 3 rings (SSSR count). The van der Waals surface area contributed by atoms with Gasteiger partial charge in [-0.25, -0.2) is 0 Å². The highest BCUT2D eigenvalue weighted by Gasteiger charge is 2.28. The monoisotopic (exact) mass is 356 g/mol. The molecule has 0 fully saturated rings. The maximum Gasteiger partial charge on any atom is 0.314 e. The molecule has 3 nitrogen and oxygen atoms in total. The lowest BCUT2D eigenvalue weighted by Gasteiger charge is -2.21. The van der Waals surface area contributed by atoms with Crippen molar-refractivity contribution in [3.8, 4) is 11.5 Å². The highest BCUT2D eigenvalue weighted by Crippen LogP contribution is 2.35. The topological polar surface area (TPSA) is 35.5 Å². The number of rotatable bonds is 7. The first-order valence-electron chi connectivity index (χ1n) is 9.32. The quantitative estimate of drug-likeness (QED) is 0.403. The number of hydrogen-bond donors (Lipinski definition) is 0. The number of halogens is 1. The zero-order valence-electron chi connectivity index (χ0n) is 15.4. The first-order chi connectivity index (χ1) is 12.6. The molecule has 0 aromatic heterocycles. The molecule has 26 heavy (non-hydrogen) atoms. The van der Waals surface area contributed by atoms with Gasteiger partial charge in [0.25, 0.3) is 0 Å². The Labute approximate surface area is 154 Å². The van der Waals surface area contributed by atoms with Gasteiger partial charge in [-0.2, -0.15) is 4.39 Å². The summed E-state index contributed by atoms with van der Waals surface area (Å²) >= 11 is 0. The molecule has 0 spiro atoms.